The molecule has 0 saturated carbocycles. The molecular weight excluding hydrogens is 208 g/mol. The molecule has 0 spiro atoms. The van der Waals surface area contributed by atoms with Crippen molar-refractivity contribution in [1.29, 1.82) is 0 Å². The minimum atomic E-state index is -0.351. The Balaban J connectivity index is 2.15. The van der Waals surface area contributed by atoms with Gasteiger partial charge in [0.15, 0.2) is 0 Å². The first kappa shape index (κ1) is 10.5. The number of aliphatic hydroxyl groups is 1. The van der Waals surface area contributed by atoms with Gasteiger partial charge in [-0.25, -0.2) is 4.98 Å². The molecule has 0 aliphatic heterocycles. The van der Waals surface area contributed by atoms with Crippen LogP contribution in [-0.2, 0) is 6.42 Å². The Morgan fingerprint density at radius 2 is 2.27 bits per heavy atom. The molecule has 0 aliphatic carbocycles. The van der Waals surface area contributed by atoms with Crippen LogP contribution in [0.25, 0.3) is 10.2 Å². The highest BCUT2D eigenvalue weighted by atomic mass is 32.1. The molecule has 2 N–H and O–H groups in total. The average Bonchev–Trinajstić information content (AvgIpc) is 2.59. The van der Waals surface area contributed by atoms with Crippen LogP contribution in [0.1, 0.15) is 5.01 Å². The van der Waals surface area contributed by atoms with E-state index in [0.29, 0.717) is 13.0 Å². The van der Waals surface area contributed by atoms with Crippen molar-refractivity contribution in [3.05, 3.63) is 29.3 Å². The first-order valence-corrected chi connectivity index (χ1v) is 5.78. The third kappa shape index (κ3) is 2.53. The van der Waals surface area contributed by atoms with Crippen LogP contribution in [0.3, 0.4) is 0 Å². The van der Waals surface area contributed by atoms with Gasteiger partial charge in [-0.15, -0.1) is 11.3 Å². The van der Waals surface area contributed by atoms with Gasteiger partial charge in [-0.1, -0.05) is 12.1 Å². The maximum atomic E-state index is 9.63. The lowest BCUT2D eigenvalue weighted by Crippen LogP contribution is -2.25. The molecule has 0 amide bonds. The van der Waals surface area contributed by atoms with Gasteiger partial charge in [-0.3, -0.25) is 0 Å². The van der Waals surface area contributed by atoms with Crippen molar-refractivity contribution in [3.8, 4) is 0 Å². The number of rotatable bonds is 4. The van der Waals surface area contributed by atoms with Gasteiger partial charge >= 0.3 is 0 Å². The molecule has 4 heteroatoms. The first-order valence-electron chi connectivity index (χ1n) is 4.96. The minimum absolute atomic E-state index is 0.351. The molecule has 0 saturated heterocycles. The van der Waals surface area contributed by atoms with Crippen LogP contribution >= 0.6 is 11.3 Å². The van der Waals surface area contributed by atoms with Gasteiger partial charge in [-0.2, -0.15) is 0 Å². The highest BCUT2D eigenvalue weighted by Gasteiger charge is 2.08. The summed E-state index contributed by atoms with van der Waals surface area (Å²) in [6.07, 6.45) is 0.274. The Kier molecular flexibility index (Phi) is 3.30. The Hall–Kier alpha value is -0.970. The number of benzene rings is 1. The van der Waals surface area contributed by atoms with Crippen LogP contribution < -0.4 is 5.32 Å². The van der Waals surface area contributed by atoms with Crippen LogP contribution in [0.4, 0.5) is 0 Å². The molecule has 0 radical (unpaired) electrons. The summed E-state index contributed by atoms with van der Waals surface area (Å²) in [5, 5.41) is 13.6. The van der Waals surface area contributed by atoms with Crippen molar-refractivity contribution in [2.45, 2.75) is 12.5 Å². The van der Waals surface area contributed by atoms with Crippen LogP contribution in [0.15, 0.2) is 24.3 Å². The van der Waals surface area contributed by atoms with Crippen LogP contribution in [0.2, 0.25) is 0 Å². The summed E-state index contributed by atoms with van der Waals surface area (Å²) in [4.78, 5) is 4.47. The quantitative estimate of drug-likeness (QED) is 0.822. The third-order valence-electron chi connectivity index (χ3n) is 2.19. The average molecular weight is 222 g/mol. The maximum absolute atomic E-state index is 9.63. The second-order valence-electron chi connectivity index (χ2n) is 3.49. The summed E-state index contributed by atoms with van der Waals surface area (Å²) >= 11 is 1.65. The Morgan fingerprint density at radius 3 is 3.00 bits per heavy atom. The number of aromatic nitrogens is 1. The molecule has 1 aromatic heterocycles. The monoisotopic (exact) mass is 222 g/mol. The third-order valence-corrected chi connectivity index (χ3v) is 3.25. The first-order chi connectivity index (χ1) is 7.29. The van der Waals surface area contributed by atoms with Gasteiger partial charge in [0.05, 0.1) is 21.3 Å². The molecular formula is C11H14N2OS. The minimum Gasteiger partial charge on any atom is -0.391 e. The molecule has 80 valence electrons. The molecule has 0 aliphatic rings. The van der Waals surface area contributed by atoms with Crippen molar-refractivity contribution >= 4 is 21.6 Å². The number of hydrogen-bond donors (Lipinski definition) is 2. The molecule has 0 bridgehead atoms. The molecule has 1 aromatic carbocycles. The predicted octanol–water partition coefficient (Wildman–Crippen LogP) is 1.42. The van der Waals surface area contributed by atoms with Gasteiger partial charge in [0.1, 0.15) is 0 Å². The Morgan fingerprint density at radius 1 is 1.47 bits per heavy atom. The zero-order valence-electron chi connectivity index (χ0n) is 8.60. The predicted molar refractivity (Wildman–Crippen MR) is 63.3 cm³/mol. The second kappa shape index (κ2) is 4.70. The zero-order valence-corrected chi connectivity index (χ0v) is 9.42. The van der Waals surface area contributed by atoms with Crippen LogP contribution in [0.5, 0.6) is 0 Å². The molecule has 3 nitrogen and oxygen atoms in total. The summed E-state index contributed by atoms with van der Waals surface area (Å²) < 4.78 is 1.18. The number of thiazole rings is 1. The van der Waals surface area contributed by atoms with E-state index >= 15 is 0 Å². The lowest BCUT2D eigenvalue weighted by molar-refractivity contribution is 0.175. The molecule has 15 heavy (non-hydrogen) atoms. The number of para-hydroxylation sites is 1. The fraction of sp³-hybridized carbons (Fsp3) is 0.364. The molecule has 1 heterocycles. The van der Waals surface area contributed by atoms with Gasteiger partial charge in [0.2, 0.25) is 0 Å². The summed E-state index contributed by atoms with van der Waals surface area (Å²) in [7, 11) is 1.83. The van der Waals surface area contributed by atoms with Crippen LogP contribution in [0, 0.1) is 0 Å². The van der Waals surface area contributed by atoms with Crippen LogP contribution in [-0.4, -0.2) is 29.8 Å². The van der Waals surface area contributed by atoms with Gasteiger partial charge < -0.3 is 10.4 Å². The zero-order chi connectivity index (χ0) is 10.7. The maximum Gasteiger partial charge on any atom is 0.0964 e. The van der Waals surface area contributed by atoms with Crippen molar-refractivity contribution in [1.82, 2.24) is 10.3 Å². The van der Waals surface area contributed by atoms with Crippen molar-refractivity contribution in [2.24, 2.45) is 0 Å². The van der Waals surface area contributed by atoms with E-state index in [0.717, 1.165) is 10.5 Å². The number of nitrogens with zero attached hydrogens (tertiary/aromatic N) is 1. The number of fused-ring (bicyclic) bond motifs is 1. The van der Waals surface area contributed by atoms with E-state index in [4.69, 9.17) is 0 Å². The summed E-state index contributed by atoms with van der Waals surface area (Å²) in [5.41, 5.74) is 1.02. The van der Waals surface area contributed by atoms with Gasteiger partial charge in [0.25, 0.3) is 0 Å². The van der Waals surface area contributed by atoms with Crippen molar-refractivity contribution in [3.63, 3.8) is 0 Å². The number of hydrogen-bond acceptors (Lipinski definition) is 4. The number of likely N-dealkylation sites (N-methyl/N-ethyl adjacent to an activating group) is 1. The smallest absolute Gasteiger partial charge is 0.0964 e. The Bertz CT molecular complexity index is 408. The summed E-state index contributed by atoms with van der Waals surface area (Å²) in [6, 6.07) is 8.05. The molecule has 1 unspecified atom stereocenters. The summed E-state index contributed by atoms with van der Waals surface area (Å²) in [5.74, 6) is 0. The second-order valence-corrected chi connectivity index (χ2v) is 4.61. The molecule has 2 aromatic rings. The fourth-order valence-electron chi connectivity index (χ4n) is 1.52. The lowest BCUT2D eigenvalue weighted by atomic mass is 10.2. The van der Waals surface area contributed by atoms with E-state index in [1.165, 1.54) is 4.70 Å². The van der Waals surface area contributed by atoms with E-state index in [2.05, 4.69) is 16.4 Å². The van der Waals surface area contributed by atoms with Crippen molar-refractivity contribution < 1.29 is 5.11 Å². The van der Waals surface area contributed by atoms with E-state index < -0.39 is 0 Å². The van der Waals surface area contributed by atoms with Crippen molar-refractivity contribution in [2.75, 3.05) is 13.6 Å². The van der Waals surface area contributed by atoms with E-state index in [-0.39, 0.29) is 6.10 Å². The molecule has 2 rings (SSSR count). The Labute approximate surface area is 92.8 Å². The largest absolute Gasteiger partial charge is 0.391 e. The summed E-state index contributed by atoms with van der Waals surface area (Å²) in [6.45, 7) is 0.607. The SMILES string of the molecule is CNCC(O)Cc1nc2ccccc2s1. The highest BCUT2D eigenvalue weighted by Crippen LogP contribution is 2.22. The lowest BCUT2D eigenvalue weighted by Gasteiger charge is -2.06. The van der Waals surface area contributed by atoms with Gasteiger partial charge in [0, 0.05) is 13.0 Å². The number of nitrogens with one attached hydrogen (secondary N) is 1. The molecule has 0 fully saturated rings. The standard InChI is InChI=1S/C11H14N2OS/c1-12-7-8(14)6-11-13-9-4-2-3-5-10(9)15-11/h2-5,8,12,14H,6-7H2,1H3. The fourth-order valence-corrected chi connectivity index (χ4v) is 2.56. The van der Waals surface area contributed by atoms with E-state index in [1.54, 1.807) is 11.3 Å². The molecule has 1 atom stereocenters. The topological polar surface area (TPSA) is 45.1 Å². The van der Waals surface area contributed by atoms with Gasteiger partial charge in [-0.05, 0) is 19.2 Å². The number of aliphatic hydroxyl groups excluding tert-OH is 1. The highest BCUT2D eigenvalue weighted by molar-refractivity contribution is 7.18. The normalized spacial score (nSPS) is 13.2. The van der Waals surface area contributed by atoms with E-state index in [9.17, 15) is 5.11 Å². The van der Waals surface area contributed by atoms with E-state index in [1.807, 2.05) is 25.2 Å².